The minimum atomic E-state index is -0.638. The van der Waals surface area contributed by atoms with Crippen molar-refractivity contribution in [3.63, 3.8) is 0 Å². The van der Waals surface area contributed by atoms with Crippen molar-refractivity contribution < 1.29 is 14.3 Å². The van der Waals surface area contributed by atoms with E-state index in [1.807, 2.05) is 30.3 Å². The van der Waals surface area contributed by atoms with E-state index in [2.05, 4.69) is 30.7 Å². The van der Waals surface area contributed by atoms with Crippen LogP contribution in [-0.4, -0.2) is 30.9 Å². The van der Waals surface area contributed by atoms with Gasteiger partial charge in [-0.15, -0.1) is 0 Å². The molecule has 128 valence electrons. The first-order valence-corrected chi connectivity index (χ1v) is 8.16. The zero-order valence-corrected chi connectivity index (χ0v) is 14.4. The number of carbonyl (C=O) groups excluding carboxylic acids is 2. The van der Waals surface area contributed by atoms with Crippen LogP contribution in [-0.2, 0) is 20.7 Å². The SMILES string of the molecule is C=C1C(=O)OC(=N[C@@H](Cc2ccccc2)C(=O)NC)[C@@H]1CC(C)C. The van der Waals surface area contributed by atoms with Crippen LogP contribution in [0.5, 0.6) is 0 Å². The topological polar surface area (TPSA) is 67.8 Å². The number of rotatable bonds is 6. The molecule has 2 rings (SSSR count). The summed E-state index contributed by atoms with van der Waals surface area (Å²) in [7, 11) is 1.58. The fraction of sp³-hybridized carbons (Fsp3) is 0.421. The van der Waals surface area contributed by atoms with E-state index in [1.54, 1.807) is 7.05 Å². The number of hydrogen-bond donors (Lipinski definition) is 1. The number of esters is 1. The Morgan fingerprint density at radius 2 is 2.00 bits per heavy atom. The van der Waals surface area contributed by atoms with Crippen LogP contribution >= 0.6 is 0 Å². The van der Waals surface area contributed by atoms with Crippen molar-refractivity contribution in [3.8, 4) is 0 Å². The Bertz CT molecular complexity index is 650. The van der Waals surface area contributed by atoms with Gasteiger partial charge in [0.05, 0.1) is 5.92 Å². The van der Waals surface area contributed by atoms with Crippen LogP contribution in [0.2, 0.25) is 0 Å². The number of likely N-dealkylation sites (N-methyl/N-ethyl adjacent to an activating group) is 1. The van der Waals surface area contributed by atoms with Gasteiger partial charge in [0.2, 0.25) is 11.8 Å². The minimum Gasteiger partial charge on any atom is -0.408 e. The van der Waals surface area contributed by atoms with Gasteiger partial charge in [-0.05, 0) is 17.9 Å². The lowest BCUT2D eigenvalue weighted by atomic mass is 9.92. The molecule has 1 amide bonds. The van der Waals surface area contributed by atoms with Crippen molar-refractivity contribution >= 4 is 17.8 Å². The van der Waals surface area contributed by atoms with Gasteiger partial charge in [-0.2, -0.15) is 0 Å². The lowest BCUT2D eigenvalue weighted by molar-refractivity contribution is -0.130. The van der Waals surface area contributed by atoms with Crippen molar-refractivity contribution in [2.45, 2.75) is 32.7 Å². The van der Waals surface area contributed by atoms with Crippen LogP contribution in [0.25, 0.3) is 0 Å². The van der Waals surface area contributed by atoms with Crippen LogP contribution in [0, 0.1) is 11.8 Å². The Balaban J connectivity index is 2.28. The molecular weight excluding hydrogens is 304 g/mol. The van der Waals surface area contributed by atoms with Crippen molar-refractivity contribution in [2.75, 3.05) is 7.05 Å². The van der Waals surface area contributed by atoms with Gasteiger partial charge < -0.3 is 10.1 Å². The van der Waals surface area contributed by atoms with Gasteiger partial charge in [0.1, 0.15) is 6.04 Å². The van der Waals surface area contributed by atoms with Gasteiger partial charge in [0, 0.05) is 19.0 Å². The van der Waals surface area contributed by atoms with Crippen LogP contribution in [0.4, 0.5) is 0 Å². The second kappa shape index (κ2) is 7.90. The van der Waals surface area contributed by atoms with Gasteiger partial charge in [-0.1, -0.05) is 50.8 Å². The molecule has 2 atom stereocenters. The summed E-state index contributed by atoms with van der Waals surface area (Å²) in [5.74, 6) is -0.235. The van der Waals surface area contributed by atoms with Crippen molar-refractivity contribution in [2.24, 2.45) is 16.8 Å². The number of cyclic esters (lactones) is 1. The molecule has 1 aliphatic heterocycles. The third kappa shape index (κ3) is 4.31. The van der Waals surface area contributed by atoms with E-state index in [0.717, 1.165) is 12.0 Å². The highest BCUT2D eigenvalue weighted by atomic mass is 16.5. The summed E-state index contributed by atoms with van der Waals surface area (Å²) >= 11 is 0. The quantitative estimate of drug-likeness (QED) is 0.644. The van der Waals surface area contributed by atoms with Crippen molar-refractivity contribution in [3.05, 3.63) is 48.0 Å². The zero-order valence-electron chi connectivity index (χ0n) is 14.4. The molecule has 1 heterocycles. The highest BCUT2D eigenvalue weighted by Crippen LogP contribution is 2.29. The molecule has 1 N–H and O–H groups in total. The second-order valence-corrected chi connectivity index (χ2v) is 6.38. The second-order valence-electron chi connectivity index (χ2n) is 6.38. The van der Waals surface area contributed by atoms with E-state index in [1.165, 1.54) is 0 Å². The summed E-state index contributed by atoms with van der Waals surface area (Å²) in [6.45, 7) is 7.95. The lowest BCUT2D eigenvalue weighted by Crippen LogP contribution is -2.33. The summed E-state index contributed by atoms with van der Waals surface area (Å²) in [6.07, 6.45) is 1.16. The summed E-state index contributed by atoms with van der Waals surface area (Å²) in [4.78, 5) is 28.5. The molecule has 1 fully saturated rings. The average molecular weight is 328 g/mol. The number of carbonyl (C=O) groups is 2. The Labute approximate surface area is 142 Å². The fourth-order valence-electron chi connectivity index (χ4n) is 2.71. The van der Waals surface area contributed by atoms with Gasteiger partial charge in [0.25, 0.3) is 0 Å². The molecule has 1 aromatic carbocycles. The predicted molar refractivity (Wildman–Crippen MR) is 93.6 cm³/mol. The number of benzene rings is 1. The molecule has 1 aliphatic rings. The minimum absolute atomic E-state index is 0.205. The molecular formula is C19H24N2O3. The van der Waals surface area contributed by atoms with Crippen LogP contribution < -0.4 is 5.32 Å². The van der Waals surface area contributed by atoms with E-state index >= 15 is 0 Å². The molecule has 0 saturated carbocycles. The summed E-state index contributed by atoms with van der Waals surface area (Å²) in [6, 6.07) is 9.01. The maximum Gasteiger partial charge on any atom is 0.340 e. The van der Waals surface area contributed by atoms with Gasteiger partial charge in [-0.25, -0.2) is 9.79 Å². The maximum atomic E-state index is 12.2. The number of ether oxygens (including phenoxy) is 1. The van der Waals surface area contributed by atoms with Crippen LogP contribution in [0.1, 0.15) is 25.8 Å². The van der Waals surface area contributed by atoms with Gasteiger partial charge >= 0.3 is 5.97 Å². The van der Waals surface area contributed by atoms with E-state index in [4.69, 9.17) is 4.74 Å². The van der Waals surface area contributed by atoms with Gasteiger partial charge in [-0.3, -0.25) is 4.79 Å². The first-order chi connectivity index (χ1) is 11.4. The third-order valence-electron chi connectivity index (χ3n) is 3.99. The largest absolute Gasteiger partial charge is 0.408 e. The summed E-state index contributed by atoms with van der Waals surface area (Å²) in [5, 5.41) is 2.63. The number of nitrogens with zero attached hydrogens (tertiary/aromatic N) is 1. The number of hydrogen-bond acceptors (Lipinski definition) is 4. The van der Waals surface area contributed by atoms with E-state index in [-0.39, 0.29) is 11.8 Å². The highest BCUT2D eigenvalue weighted by Gasteiger charge is 2.37. The van der Waals surface area contributed by atoms with E-state index in [0.29, 0.717) is 23.8 Å². The molecule has 0 aromatic heterocycles. The molecule has 5 nitrogen and oxygen atoms in total. The zero-order chi connectivity index (χ0) is 17.7. The Morgan fingerprint density at radius 3 is 2.58 bits per heavy atom. The Kier molecular flexibility index (Phi) is 5.90. The summed E-state index contributed by atoms with van der Waals surface area (Å²) in [5.41, 5.74) is 1.41. The molecule has 0 bridgehead atoms. The number of aliphatic imine (C=N–C) groups is 1. The molecule has 24 heavy (non-hydrogen) atoms. The monoisotopic (exact) mass is 328 g/mol. The van der Waals surface area contributed by atoms with E-state index in [9.17, 15) is 9.59 Å². The van der Waals surface area contributed by atoms with Crippen LogP contribution in [0.3, 0.4) is 0 Å². The molecule has 0 spiro atoms. The third-order valence-corrected chi connectivity index (χ3v) is 3.99. The molecule has 1 aromatic rings. The van der Waals surface area contributed by atoms with E-state index < -0.39 is 12.0 Å². The normalized spacial score (nSPS) is 20.3. The highest BCUT2D eigenvalue weighted by molar-refractivity contribution is 6.09. The van der Waals surface area contributed by atoms with Crippen molar-refractivity contribution in [1.82, 2.24) is 5.32 Å². The Morgan fingerprint density at radius 1 is 1.33 bits per heavy atom. The predicted octanol–water partition coefficient (Wildman–Crippen LogP) is 2.52. The first-order valence-electron chi connectivity index (χ1n) is 8.16. The standard InChI is InChI=1S/C19H24N2O3/c1-12(2)10-15-13(3)19(23)24-18(15)21-16(17(22)20-4)11-14-8-6-5-7-9-14/h5-9,12,15-16H,3,10-11H2,1-2,4H3,(H,20,22)/t15-,16+/m1/s1. The number of amides is 1. The Hall–Kier alpha value is -2.43. The van der Waals surface area contributed by atoms with Crippen molar-refractivity contribution in [1.29, 1.82) is 0 Å². The smallest absolute Gasteiger partial charge is 0.340 e. The maximum absolute atomic E-state index is 12.2. The first kappa shape index (κ1) is 17.9. The molecule has 0 radical (unpaired) electrons. The lowest BCUT2D eigenvalue weighted by Gasteiger charge is -2.15. The summed E-state index contributed by atoms with van der Waals surface area (Å²) < 4.78 is 5.28. The molecule has 5 heteroatoms. The number of nitrogens with one attached hydrogen (secondary N) is 1. The van der Waals surface area contributed by atoms with Gasteiger partial charge in [0.15, 0.2) is 0 Å². The fourth-order valence-corrected chi connectivity index (χ4v) is 2.71. The molecule has 0 aliphatic carbocycles. The molecule has 0 unspecified atom stereocenters. The molecule has 1 saturated heterocycles. The average Bonchev–Trinajstić information content (AvgIpc) is 2.81. The van der Waals surface area contributed by atoms with Crippen LogP contribution in [0.15, 0.2) is 47.5 Å².